The van der Waals surface area contributed by atoms with Gasteiger partial charge in [-0.25, -0.2) is 15.0 Å². The topological polar surface area (TPSA) is 87.9 Å². The molecule has 198 valence electrons. The number of fused-ring (bicyclic) bond motifs is 1. The number of H-pyrrole nitrogens is 1. The molecule has 1 fully saturated rings. The number of rotatable bonds is 6. The highest BCUT2D eigenvalue weighted by molar-refractivity contribution is 5.82. The Kier molecular flexibility index (Phi) is 6.37. The summed E-state index contributed by atoms with van der Waals surface area (Å²) in [6.07, 6.45) is 7.81. The van der Waals surface area contributed by atoms with Gasteiger partial charge in [-0.05, 0) is 67.7 Å². The van der Waals surface area contributed by atoms with E-state index >= 15 is 0 Å². The van der Waals surface area contributed by atoms with Gasteiger partial charge >= 0.3 is 0 Å². The maximum atomic E-state index is 4.57. The molecule has 7 rings (SSSR count). The molecule has 0 atom stereocenters. The summed E-state index contributed by atoms with van der Waals surface area (Å²) in [4.78, 5) is 19.4. The molecule has 0 unspecified atom stereocenters. The highest BCUT2D eigenvalue weighted by Crippen LogP contribution is 2.33. The molecule has 0 spiro atoms. The van der Waals surface area contributed by atoms with Crippen molar-refractivity contribution in [2.24, 2.45) is 0 Å². The second-order valence-electron chi connectivity index (χ2n) is 10.4. The fourth-order valence-corrected chi connectivity index (χ4v) is 5.65. The maximum Gasteiger partial charge on any atom is 0.234 e. The number of hydrogen-bond donors (Lipinski definition) is 1. The highest BCUT2D eigenvalue weighted by atomic mass is 15.2. The van der Waals surface area contributed by atoms with Gasteiger partial charge in [-0.2, -0.15) is 0 Å². The van der Waals surface area contributed by atoms with Crippen LogP contribution < -0.4 is 0 Å². The van der Waals surface area contributed by atoms with Crippen molar-refractivity contribution in [3.63, 3.8) is 0 Å². The summed E-state index contributed by atoms with van der Waals surface area (Å²) in [5.74, 6) is 2.83. The van der Waals surface area contributed by atoms with Gasteiger partial charge in [-0.3, -0.25) is 9.30 Å². The monoisotopic (exact) mass is 526 g/mol. The third-order valence-electron chi connectivity index (χ3n) is 7.77. The van der Waals surface area contributed by atoms with Gasteiger partial charge in [0.25, 0.3) is 0 Å². The van der Waals surface area contributed by atoms with E-state index < -0.39 is 0 Å². The van der Waals surface area contributed by atoms with Crippen LogP contribution >= 0.6 is 0 Å². The van der Waals surface area contributed by atoms with E-state index in [4.69, 9.17) is 0 Å². The van der Waals surface area contributed by atoms with Gasteiger partial charge in [0.05, 0.1) is 11.9 Å². The van der Waals surface area contributed by atoms with E-state index in [2.05, 4.69) is 83.6 Å². The molecule has 1 saturated heterocycles. The zero-order valence-corrected chi connectivity index (χ0v) is 22.4. The molecule has 6 aromatic rings. The summed E-state index contributed by atoms with van der Waals surface area (Å²) in [7, 11) is 0. The van der Waals surface area contributed by atoms with Crippen molar-refractivity contribution < 1.29 is 0 Å². The largest absolute Gasteiger partial charge is 0.323 e. The smallest absolute Gasteiger partial charge is 0.234 e. The first-order valence-corrected chi connectivity index (χ1v) is 13.8. The minimum atomic E-state index is 0.399. The standard InChI is InChI=1S/C32H30N8/c1-22-6-4-9-28(35-22)31-36-30(37-38-31)25-14-18-39(19-15-25)21-23-10-12-24(13-11-23)26-7-2-3-8-27(26)29-20-34-32-33-16-5-17-40(29)32/h2-13,16-17,20,25H,14-15,18-19,21H2,1H3,(H,36,37,38). The number of pyridine rings is 1. The van der Waals surface area contributed by atoms with Gasteiger partial charge in [0.15, 0.2) is 5.82 Å². The van der Waals surface area contributed by atoms with Crippen molar-refractivity contribution in [1.82, 2.24) is 39.4 Å². The Balaban J connectivity index is 1.01. The third kappa shape index (κ3) is 4.78. The van der Waals surface area contributed by atoms with Gasteiger partial charge in [0.1, 0.15) is 11.5 Å². The Bertz CT molecular complexity index is 1760. The first-order valence-electron chi connectivity index (χ1n) is 13.8. The van der Waals surface area contributed by atoms with Crippen LogP contribution in [0.4, 0.5) is 0 Å². The van der Waals surface area contributed by atoms with Crippen LogP contribution in [0, 0.1) is 6.92 Å². The van der Waals surface area contributed by atoms with E-state index in [1.807, 2.05) is 48.0 Å². The van der Waals surface area contributed by atoms with E-state index in [0.29, 0.717) is 11.7 Å². The second kappa shape index (κ2) is 10.5. The van der Waals surface area contributed by atoms with Gasteiger partial charge in [0.2, 0.25) is 5.78 Å². The first kappa shape index (κ1) is 24.4. The Hall–Kier alpha value is -4.69. The van der Waals surface area contributed by atoms with E-state index in [1.165, 1.54) is 16.7 Å². The molecule has 0 radical (unpaired) electrons. The summed E-state index contributed by atoms with van der Waals surface area (Å²) in [5, 5.41) is 8.83. The van der Waals surface area contributed by atoms with E-state index in [0.717, 1.165) is 66.8 Å². The summed E-state index contributed by atoms with van der Waals surface area (Å²) in [5.41, 5.74) is 7.72. The SMILES string of the molecule is Cc1cccc(-c2nnc(C3CCN(Cc4ccc(-c5ccccc5-c5cnc6ncccn56)cc4)CC3)[nH]2)n1. The van der Waals surface area contributed by atoms with Crippen LogP contribution in [0.3, 0.4) is 0 Å². The predicted molar refractivity (Wildman–Crippen MR) is 155 cm³/mol. The molecule has 0 saturated carbocycles. The number of imidazole rings is 1. The number of piperidine rings is 1. The lowest BCUT2D eigenvalue weighted by molar-refractivity contribution is 0.202. The Morgan fingerprint density at radius 3 is 2.50 bits per heavy atom. The molecule has 8 nitrogen and oxygen atoms in total. The van der Waals surface area contributed by atoms with Crippen molar-refractivity contribution in [2.45, 2.75) is 32.2 Å². The second-order valence-corrected chi connectivity index (χ2v) is 10.4. The molecule has 1 aliphatic rings. The molecule has 1 N–H and O–H groups in total. The minimum absolute atomic E-state index is 0.399. The number of aromatic nitrogens is 7. The predicted octanol–water partition coefficient (Wildman–Crippen LogP) is 5.93. The molecule has 8 heteroatoms. The molecule has 5 heterocycles. The van der Waals surface area contributed by atoms with Crippen LogP contribution in [-0.4, -0.2) is 52.5 Å². The number of likely N-dealkylation sites (tertiary alicyclic amines) is 1. The van der Waals surface area contributed by atoms with Crippen LogP contribution in [0.1, 0.15) is 35.8 Å². The molecule has 4 aromatic heterocycles. The summed E-state index contributed by atoms with van der Waals surface area (Å²) >= 11 is 0. The van der Waals surface area contributed by atoms with Gasteiger partial charge < -0.3 is 4.98 Å². The summed E-state index contributed by atoms with van der Waals surface area (Å²) < 4.78 is 2.04. The van der Waals surface area contributed by atoms with Crippen molar-refractivity contribution in [2.75, 3.05) is 13.1 Å². The van der Waals surface area contributed by atoms with Crippen LogP contribution in [0.15, 0.2) is 91.4 Å². The fourth-order valence-electron chi connectivity index (χ4n) is 5.65. The maximum absolute atomic E-state index is 4.57. The van der Waals surface area contributed by atoms with Crippen LogP contribution in [0.2, 0.25) is 0 Å². The van der Waals surface area contributed by atoms with Crippen LogP contribution in [0.5, 0.6) is 0 Å². The van der Waals surface area contributed by atoms with E-state index in [1.54, 1.807) is 6.20 Å². The minimum Gasteiger partial charge on any atom is -0.323 e. The highest BCUT2D eigenvalue weighted by Gasteiger charge is 2.24. The number of nitrogens with one attached hydrogen (secondary N) is 1. The average Bonchev–Trinajstić information content (AvgIpc) is 3.66. The average molecular weight is 527 g/mol. The lowest BCUT2D eigenvalue weighted by Crippen LogP contribution is -2.32. The van der Waals surface area contributed by atoms with E-state index in [-0.39, 0.29) is 0 Å². The fraction of sp³-hybridized carbons (Fsp3) is 0.219. The third-order valence-corrected chi connectivity index (χ3v) is 7.77. The zero-order chi connectivity index (χ0) is 26.9. The number of nitrogens with zero attached hydrogens (tertiary/aromatic N) is 7. The number of hydrogen-bond acceptors (Lipinski definition) is 6. The Morgan fingerprint density at radius 1 is 0.850 bits per heavy atom. The van der Waals surface area contributed by atoms with Gasteiger partial charge in [0, 0.05) is 36.1 Å². The summed E-state index contributed by atoms with van der Waals surface area (Å²) in [6.45, 7) is 5.01. The number of benzene rings is 2. The van der Waals surface area contributed by atoms with Crippen LogP contribution in [0.25, 0.3) is 39.7 Å². The van der Waals surface area contributed by atoms with Gasteiger partial charge in [-0.15, -0.1) is 10.2 Å². The normalized spacial score (nSPS) is 14.6. The van der Waals surface area contributed by atoms with Crippen molar-refractivity contribution in [3.8, 4) is 33.9 Å². The molecular weight excluding hydrogens is 496 g/mol. The van der Waals surface area contributed by atoms with E-state index in [9.17, 15) is 0 Å². The molecule has 2 aromatic carbocycles. The first-order chi connectivity index (χ1) is 19.7. The zero-order valence-electron chi connectivity index (χ0n) is 22.4. The van der Waals surface area contributed by atoms with Crippen molar-refractivity contribution >= 4 is 5.78 Å². The molecule has 1 aliphatic heterocycles. The van der Waals surface area contributed by atoms with Crippen molar-refractivity contribution in [1.29, 1.82) is 0 Å². The molecular formula is C32H30N8. The quantitative estimate of drug-likeness (QED) is 0.289. The lowest BCUT2D eigenvalue weighted by Gasteiger charge is -2.30. The van der Waals surface area contributed by atoms with Crippen LogP contribution in [-0.2, 0) is 6.54 Å². The lowest BCUT2D eigenvalue weighted by atomic mass is 9.95. The number of aryl methyl sites for hydroxylation is 1. The number of aromatic amines is 1. The Labute approximate surface area is 232 Å². The molecule has 40 heavy (non-hydrogen) atoms. The Morgan fingerprint density at radius 2 is 1.68 bits per heavy atom. The van der Waals surface area contributed by atoms with Crippen molar-refractivity contribution in [3.05, 3.63) is 108 Å². The molecule has 0 amide bonds. The summed E-state index contributed by atoms with van der Waals surface area (Å²) in [6, 6.07) is 25.4. The molecule has 0 aliphatic carbocycles. The molecule has 0 bridgehead atoms. The van der Waals surface area contributed by atoms with Gasteiger partial charge in [-0.1, -0.05) is 54.6 Å².